The Morgan fingerprint density at radius 2 is 2.19 bits per heavy atom. The number of ether oxygens (including phenoxy) is 2. The molecule has 1 aromatic heterocycles. The molecule has 1 unspecified atom stereocenters. The van der Waals surface area contributed by atoms with Crippen LogP contribution in [0.1, 0.15) is 25.3 Å². The van der Waals surface area contributed by atoms with E-state index in [4.69, 9.17) is 9.47 Å². The third-order valence-electron chi connectivity index (χ3n) is 3.86. The highest BCUT2D eigenvalue weighted by molar-refractivity contribution is 14.0. The lowest BCUT2D eigenvalue weighted by Crippen LogP contribution is -2.46. The molecule has 1 atom stereocenters. The molecule has 0 bridgehead atoms. The summed E-state index contributed by atoms with van der Waals surface area (Å²) in [6.07, 6.45) is -1.23. The number of pyridine rings is 1. The number of halogens is 4. The van der Waals surface area contributed by atoms with Gasteiger partial charge in [0.15, 0.2) is 5.96 Å². The largest absolute Gasteiger partial charge is 0.475 e. The first-order valence-electron chi connectivity index (χ1n) is 8.07. The molecule has 26 heavy (non-hydrogen) atoms. The molecule has 0 aromatic carbocycles. The van der Waals surface area contributed by atoms with E-state index in [0.717, 1.165) is 25.5 Å². The third-order valence-corrected chi connectivity index (χ3v) is 3.86. The second kappa shape index (κ2) is 10.1. The van der Waals surface area contributed by atoms with Crippen molar-refractivity contribution in [3.63, 3.8) is 0 Å². The maximum atomic E-state index is 12.8. The number of nitrogens with zero attached hydrogens (tertiary/aromatic N) is 2. The lowest BCUT2D eigenvalue weighted by atomic mass is 10.0. The average molecular weight is 488 g/mol. The van der Waals surface area contributed by atoms with E-state index < -0.39 is 17.6 Å². The minimum Gasteiger partial charge on any atom is -0.475 e. The second-order valence-corrected chi connectivity index (χ2v) is 5.96. The average Bonchev–Trinajstić information content (AvgIpc) is 3.00. The summed E-state index contributed by atoms with van der Waals surface area (Å²) in [7, 11) is 1.62. The molecule has 0 saturated carbocycles. The van der Waals surface area contributed by atoms with Crippen molar-refractivity contribution in [2.24, 2.45) is 4.99 Å². The van der Waals surface area contributed by atoms with Crippen LogP contribution in [0.4, 0.5) is 13.2 Å². The van der Waals surface area contributed by atoms with E-state index in [9.17, 15) is 13.2 Å². The van der Waals surface area contributed by atoms with Crippen molar-refractivity contribution in [2.45, 2.75) is 31.5 Å². The number of alkyl halides is 3. The van der Waals surface area contributed by atoms with Gasteiger partial charge in [0, 0.05) is 26.4 Å². The smallest absolute Gasteiger partial charge is 0.421 e. The number of hydrogen-bond donors (Lipinski definition) is 2. The highest BCUT2D eigenvalue weighted by Crippen LogP contribution is 2.34. The second-order valence-electron chi connectivity index (χ2n) is 5.96. The van der Waals surface area contributed by atoms with Gasteiger partial charge in [-0.2, -0.15) is 13.2 Å². The number of nitrogens with one attached hydrogen (secondary N) is 2. The molecule has 148 valence electrons. The number of guanidine groups is 1. The molecule has 1 aliphatic rings. The van der Waals surface area contributed by atoms with E-state index in [1.165, 1.54) is 12.3 Å². The molecule has 6 nitrogen and oxygen atoms in total. The van der Waals surface area contributed by atoms with Crippen LogP contribution in [0, 0.1) is 0 Å². The molecule has 1 fully saturated rings. The van der Waals surface area contributed by atoms with Gasteiger partial charge in [0.25, 0.3) is 0 Å². The quantitative estimate of drug-likeness (QED) is 0.279. The molecule has 0 amide bonds. The summed E-state index contributed by atoms with van der Waals surface area (Å²) in [5.41, 5.74) is -1.10. The van der Waals surface area contributed by atoms with Crippen molar-refractivity contribution < 1.29 is 22.6 Å². The summed E-state index contributed by atoms with van der Waals surface area (Å²) in [5, 5.41) is 6.14. The number of aliphatic imine (C=N–C) groups is 1. The fraction of sp³-hybridized carbons (Fsp3) is 0.625. The van der Waals surface area contributed by atoms with Crippen LogP contribution in [-0.2, 0) is 10.9 Å². The maximum Gasteiger partial charge on any atom is 0.421 e. The first-order valence-corrected chi connectivity index (χ1v) is 8.07. The molecule has 1 saturated heterocycles. The Morgan fingerprint density at radius 3 is 2.81 bits per heavy atom. The van der Waals surface area contributed by atoms with Gasteiger partial charge in [0.1, 0.15) is 12.2 Å². The summed E-state index contributed by atoms with van der Waals surface area (Å²) >= 11 is 0. The van der Waals surface area contributed by atoms with Gasteiger partial charge in [-0.3, -0.25) is 4.99 Å². The molecule has 2 heterocycles. The van der Waals surface area contributed by atoms with Gasteiger partial charge < -0.3 is 20.1 Å². The van der Waals surface area contributed by atoms with Crippen molar-refractivity contribution in [2.75, 3.05) is 33.4 Å². The molecule has 0 radical (unpaired) electrons. The lowest BCUT2D eigenvalue weighted by molar-refractivity contribution is -0.139. The Bertz CT molecular complexity index is 593. The minimum absolute atomic E-state index is 0. The molecule has 10 heteroatoms. The van der Waals surface area contributed by atoms with Crippen LogP contribution in [0.5, 0.6) is 5.88 Å². The summed E-state index contributed by atoms with van der Waals surface area (Å²) in [5.74, 6) is 0.115. The van der Waals surface area contributed by atoms with Crippen LogP contribution < -0.4 is 15.4 Å². The van der Waals surface area contributed by atoms with E-state index >= 15 is 0 Å². The van der Waals surface area contributed by atoms with E-state index in [1.54, 1.807) is 7.05 Å². The first kappa shape index (κ1) is 22.7. The van der Waals surface area contributed by atoms with Crippen LogP contribution in [0.3, 0.4) is 0 Å². The zero-order chi connectivity index (χ0) is 18.3. The summed E-state index contributed by atoms with van der Waals surface area (Å²) in [6, 6.07) is 2.17. The molecule has 2 N–H and O–H groups in total. The Hall–Kier alpha value is -1.30. The van der Waals surface area contributed by atoms with E-state index in [2.05, 4.69) is 20.6 Å². The molecule has 0 spiro atoms. The van der Waals surface area contributed by atoms with Gasteiger partial charge in [0.05, 0.1) is 12.1 Å². The van der Waals surface area contributed by atoms with E-state index in [-0.39, 0.29) is 42.7 Å². The number of aromatic nitrogens is 1. The predicted molar refractivity (Wildman–Crippen MR) is 103 cm³/mol. The van der Waals surface area contributed by atoms with Gasteiger partial charge in [-0.1, -0.05) is 0 Å². The Kier molecular flexibility index (Phi) is 8.87. The maximum absolute atomic E-state index is 12.8. The normalized spacial score (nSPS) is 20.4. The summed E-state index contributed by atoms with van der Waals surface area (Å²) < 4.78 is 49.4. The molecular weight excluding hydrogens is 464 g/mol. The highest BCUT2D eigenvalue weighted by Gasteiger charge is 2.35. The molecule has 2 rings (SSSR count). The topological polar surface area (TPSA) is 67.8 Å². The van der Waals surface area contributed by atoms with Crippen LogP contribution in [0.25, 0.3) is 0 Å². The Balaban J connectivity index is 0.00000338. The molecule has 1 aliphatic heterocycles. The van der Waals surface area contributed by atoms with Crippen LogP contribution in [0.2, 0.25) is 0 Å². The van der Waals surface area contributed by atoms with Gasteiger partial charge >= 0.3 is 6.18 Å². The summed E-state index contributed by atoms with van der Waals surface area (Å²) in [6.45, 7) is 3.69. The van der Waals surface area contributed by atoms with Gasteiger partial charge in [-0.15, -0.1) is 24.0 Å². The van der Waals surface area contributed by atoms with E-state index in [0.29, 0.717) is 12.5 Å². The standard InChI is InChI=1S/C16H23F3N4O2.HI/c1-15(6-4-9-25-15)11-23-14(20-2)22-8-10-24-13-12(16(17,18)19)5-3-7-21-13;/h3,5,7H,4,6,8-11H2,1-2H3,(H2,20,22,23);1H. The van der Waals surface area contributed by atoms with Crippen molar-refractivity contribution in [1.82, 2.24) is 15.6 Å². The van der Waals surface area contributed by atoms with Crippen LogP contribution >= 0.6 is 24.0 Å². The van der Waals surface area contributed by atoms with Gasteiger partial charge in [-0.25, -0.2) is 4.98 Å². The fourth-order valence-corrected chi connectivity index (χ4v) is 2.51. The molecule has 0 aliphatic carbocycles. The van der Waals surface area contributed by atoms with Crippen molar-refractivity contribution >= 4 is 29.9 Å². The van der Waals surface area contributed by atoms with Gasteiger partial charge in [-0.05, 0) is 31.9 Å². The predicted octanol–water partition coefficient (Wildman–Crippen LogP) is 2.83. The monoisotopic (exact) mass is 488 g/mol. The zero-order valence-electron chi connectivity index (χ0n) is 14.7. The van der Waals surface area contributed by atoms with Crippen LogP contribution in [0.15, 0.2) is 23.3 Å². The zero-order valence-corrected chi connectivity index (χ0v) is 17.1. The van der Waals surface area contributed by atoms with Gasteiger partial charge in [0.2, 0.25) is 5.88 Å². The third kappa shape index (κ3) is 6.78. The molecule has 1 aromatic rings. The first-order chi connectivity index (χ1) is 11.8. The molecular formula is C16H24F3IN4O2. The minimum atomic E-state index is -4.49. The van der Waals surface area contributed by atoms with Crippen molar-refractivity contribution in [3.8, 4) is 5.88 Å². The van der Waals surface area contributed by atoms with E-state index in [1.807, 2.05) is 6.92 Å². The summed E-state index contributed by atoms with van der Waals surface area (Å²) in [4.78, 5) is 7.72. The highest BCUT2D eigenvalue weighted by atomic mass is 127. The van der Waals surface area contributed by atoms with Crippen molar-refractivity contribution in [1.29, 1.82) is 0 Å². The SMILES string of the molecule is CN=C(NCCOc1ncccc1C(F)(F)F)NCC1(C)CCCO1.I. The van der Waals surface area contributed by atoms with Crippen molar-refractivity contribution in [3.05, 3.63) is 23.9 Å². The van der Waals surface area contributed by atoms with Crippen LogP contribution in [-0.4, -0.2) is 49.9 Å². The number of rotatable bonds is 6. The Labute approximate surface area is 168 Å². The fourth-order valence-electron chi connectivity index (χ4n) is 2.51. The lowest BCUT2D eigenvalue weighted by Gasteiger charge is -2.24. The Morgan fingerprint density at radius 1 is 1.42 bits per heavy atom. The number of hydrogen-bond acceptors (Lipinski definition) is 4.